The van der Waals surface area contributed by atoms with Gasteiger partial charge in [-0.2, -0.15) is 0 Å². The van der Waals surface area contributed by atoms with Crippen LogP contribution in [0.2, 0.25) is 5.02 Å². The third-order valence-electron chi connectivity index (χ3n) is 3.13. The molecule has 2 heterocycles. The smallest absolute Gasteiger partial charge is 0.112 e. The number of thiazole rings is 1. The van der Waals surface area contributed by atoms with Crippen LogP contribution in [0.5, 0.6) is 0 Å². The Balaban J connectivity index is 1.98. The highest BCUT2D eigenvalue weighted by Crippen LogP contribution is 2.28. The molecule has 0 saturated heterocycles. The van der Waals surface area contributed by atoms with Crippen LogP contribution < -0.4 is 4.90 Å². The van der Waals surface area contributed by atoms with E-state index in [1.807, 2.05) is 37.4 Å². The van der Waals surface area contributed by atoms with Gasteiger partial charge in [-0.1, -0.05) is 11.6 Å². The van der Waals surface area contributed by atoms with Crippen molar-refractivity contribution in [3.8, 4) is 0 Å². The molecule has 0 spiro atoms. The van der Waals surface area contributed by atoms with Gasteiger partial charge in [0.2, 0.25) is 0 Å². The average Bonchev–Trinajstić information content (AvgIpc) is 2.83. The van der Waals surface area contributed by atoms with Crippen LogP contribution >= 0.6 is 22.9 Å². The van der Waals surface area contributed by atoms with Crippen molar-refractivity contribution in [3.05, 3.63) is 51.6 Å². The van der Waals surface area contributed by atoms with Crippen molar-refractivity contribution in [3.63, 3.8) is 0 Å². The number of nitrogens with zero attached hydrogens (tertiary/aromatic N) is 3. The van der Waals surface area contributed by atoms with Gasteiger partial charge in [0, 0.05) is 40.4 Å². The second kappa shape index (κ2) is 5.38. The molecule has 0 unspecified atom stereocenters. The molecule has 3 aromatic rings. The van der Waals surface area contributed by atoms with Gasteiger partial charge in [-0.05, 0) is 31.2 Å². The molecule has 0 saturated carbocycles. The Morgan fingerprint density at radius 3 is 2.90 bits per heavy atom. The molecule has 102 valence electrons. The number of halogens is 1. The summed E-state index contributed by atoms with van der Waals surface area (Å²) in [4.78, 5) is 11.1. The van der Waals surface area contributed by atoms with E-state index >= 15 is 0 Å². The number of pyridine rings is 1. The maximum Gasteiger partial charge on any atom is 0.112 e. The first-order chi connectivity index (χ1) is 9.63. The van der Waals surface area contributed by atoms with E-state index in [0.29, 0.717) is 0 Å². The molecule has 0 atom stereocenters. The van der Waals surface area contributed by atoms with Gasteiger partial charge in [-0.3, -0.25) is 4.98 Å². The van der Waals surface area contributed by atoms with Crippen LogP contribution in [0.25, 0.3) is 10.9 Å². The number of rotatable bonds is 3. The minimum Gasteiger partial charge on any atom is -0.367 e. The fourth-order valence-electron chi connectivity index (χ4n) is 2.20. The van der Waals surface area contributed by atoms with Gasteiger partial charge >= 0.3 is 0 Å². The van der Waals surface area contributed by atoms with Gasteiger partial charge in [0.25, 0.3) is 0 Å². The molecule has 0 radical (unpaired) electrons. The highest BCUT2D eigenvalue weighted by molar-refractivity contribution is 7.09. The van der Waals surface area contributed by atoms with Gasteiger partial charge in [0.15, 0.2) is 0 Å². The first-order valence-corrected chi connectivity index (χ1v) is 7.55. The van der Waals surface area contributed by atoms with Gasteiger partial charge in [-0.25, -0.2) is 4.98 Å². The van der Waals surface area contributed by atoms with Crippen LogP contribution in [0.1, 0.15) is 10.7 Å². The van der Waals surface area contributed by atoms with E-state index in [9.17, 15) is 0 Å². The predicted octanol–water partition coefficient (Wildman–Crippen LogP) is 4.29. The second-order valence-corrected chi connectivity index (χ2v) is 6.11. The largest absolute Gasteiger partial charge is 0.367 e. The zero-order chi connectivity index (χ0) is 14.1. The molecule has 0 N–H and O–H groups in total. The molecule has 1 aromatic carbocycles. The van der Waals surface area contributed by atoms with Crippen molar-refractivity contribution in [1.29, 1.82) is 0 Å². The van der Waals surface area contributed by atoms with E-state index in [4.69, 9.17) is 11.6 Å². The summed E-state index contributed by atoms with van der Waals surface area (Å²) in [6.07, 6.45) is 1.83. The van der Waals surface area contributed by atoms with Crippen LogP contribution in [0.3, 0.4) is 0 Å². The summed E-state index contributed by atoms with van der Waals surface area (Å²) in [5, 5.41) is 4.98. The first kappa shape index (κ1) is 13.3. The van der Waals surface area contributed by atoms with Gasteiger partial charge < -0.3 is 4.90 Å². The Labute approximate surface area is 126 Å². The Kier molecular flexibility index (Phi) is 3.59. The molecule has 0 aliphatic heterocycles. The van der Waals surface area contributed by atoms with Crippen LogP contribution in [0.4, 0.5) is 5.69 Å². The van der Waals surface area contributed by atoms with E-state index in [-0.39, 0.29) is 0 Å². The third kappa shape index (κ3) is 2.62. The minimum atomic E-state index is 0.727. The van der Waals surface area contributed by atoms with E-state index in [1.54, 1.807) is 11.3 Å². The topological polar surface area (TPSA) is 29.0 Å². The normalized spacial score (nSPS) is 10.9. The van der Waals surface area contributed by atoms with Gasteiger partial charge in [0.05, 0.1) is 12.1 Å². The lowest BCUT2D eigenvalue weighted by Gasteiger charge is -2.19. The van der Waals surface area contributed by atoms with Crippen LogP contribution in [0.15, 0.2) is 35.8 Å². The van der Waals surface area contributed by atoms with E-state index in [0.717, 1.165) is 38.9 Å². The quantitative estimate of drug-likeness (QED) is 0.723. The van der Waals surface area contributed by atoms with Crippen molar-refractivity contribution in [2.45, 2.75) is 13.5 Å². The number of fused-ring (bicyclic) bond motifs is 1. The number of benzene rings is 1. The Bertz CT molecular complexity index is 754. The Morgan fingerprint density at radius 2 is 2.15 bits per heavy atom. The Morgan fingerprint density at radius 1 is 1.30 bits per heavy atom. The molecule has 3 rings (SSSR count). The second-order valence-electron chi connectivity index (χ2n) is 4.73. The first-order valence-electron chi connectivity index (χ1n) is 6.30. The molecule has 0 aliphatic carbocycles. The zero-order valence-corrected chi connectivity index (χ0v) is 12.9. The molecular weight excluding hydrogens is 290 g/mol. The van der Waals surface area contributed by atoms with E-state index in [1.165, 1.54) is 0 Å². The van der Waals surface area contributed by atoms with Crippen LogP contribution in [-0.2, 0) is 6.54 Å². The predicted molar refractivity (Wildman–Crippen MR) is 85.7 cm³/mol. The molecule has 0 aliphatic rings. The SMILES string of the molecule is Cc1csc(CN(C)c2ccnc3ccc(Cl)cc23)n1. The number of aryl methyl sites for hydroxylation is 1. The summed E-state index contributed by atoms with van der Waals surface area (Å²) in [6.45, 7) is 2.80. The number of aromatic nitrogens is 2. The average molecular weight is 304 g/mol. The van der Waals surface area contributed by atoms with Crippen molar-refractivity contribution >= 4 is 39.5 Å². The molecule has 3 nitrogen and oxygen atoms in total. The summed E-state index contributed by atoms with van der Waals surface area (Å²) in [6, 6.07) is 7.79. The van der Waals surface area contributed by atoms with Crippen molar-refractivity contribution in [2.75, 3.05) is 11.9 Å². The van der Waals surface area contributed by atoms with Crippen molar-refractivity contribution < 1.29 is 0 Å². The van der Waals surface area contributed by atoms with Crippen LogP contribution in [-0.4, -0.2) is 17.0 Å². The maximum absolute atomic E-state index is 6.10. The fourth-order valence-corrected chi connectivity index (χ4v) is 3.20. The van der Waals surface area contributed by atoms with E-state index < -0.39 is 0 Å². The Hall–Kier alpha value is -1.65. The van der Waals surface area contributed by atoms with Crippen LogP contribution in [0, 0.1) is 6.92 Å². The summed E-state index contributed by atoms with van der Waals surface area (Å²) in [7, 11) is 2.06. The molecule has 0 amide bonds. The minimum absolute atomic E-state index is 0.727. The van der Waals surface area contributed by atoms with Gasteiger partial charge in [0.1, 0.15) is 5.01 Å². The molecule has 0 bridgehead atoms. The number of anilines is 1. The molecule has 2 aromatic heterocycles. The van der Waals surface area contributed by atoms with Gasteiger partial charge in [-0.15, -0.1) is 11.3 Å². The summed E-state index contributed by atoms with van der Waals surface area (Å²) >= 11 is 7.79. The number of hydrogen-bond donors (Lipinski definition) is 0. The third-order valence-corrected chi connectivity index (χ3v) is 4.32. The maximum atomic E-state index is 6.10. The molecule has 5 heteroatoms. The summed E-state index contributed by atoms with van der Waals surface area (Å²) < 4.78 is 0. The van der Waals surface area contributed by atoms with Crippen molar-refractivity contribution in [2.24, 2.45) is 0 Å². The molecular formula is C15H14ClN3S. The van der Waals surface area contributed by atoms with E-state index in [2.05, 4.69) is 27.3 Å². The lowest BCUT2D eigenvalue weighted by Crippen LogP contribution is -2.16. The fraction of sp³-hybridized carbons (Fsp3) is 0.200. The highest BCUT2D eigenvalue weighted by Gasteiger charge is 2.09. The number of hydrogen-bond acceptors (Lipinski definition) is 4. The standard InChI is InChI=1S/C15H14ClN3S/c1-10-9-20-15(18-10)8-19(2)14-5-6-17-13-4-3-11(16)7-12(13)14/h3-7,9H,8H2,1-2H3. The summed E-state index contributed by atoms with van der Waals surface area (Å²) in [5.41, 5.74) is 3.14. The summed E-state index contributed by atoms with van der Waals surface area (Å²) in [5.74, 6) is 0. The highest BCUT2D eigenvalue weighted by atomic mass is 35.5. The van der Waals surface area contributed by atoms with Crippen molar-refractivity contribution in [1.82, 2.24) is 9.97 Å². The lowest BCUT2D eigenvalue weighted by molar-refractivity contribution is 0.908. The molecule has 20 heavy (non-hydrogen) atoms. The lowest BCUT2D eigenvalue weighted by atomic mass is 10.2. The monoisotopic (exact) mass is 303 g/mol. The zero-order valence-electron chi connectivity index (χ0n) is 11.3. The molecule has 0 fully saturated rings.